The van der Waals surface area contributed by atoms with Crippen molar-refractivity contribution in [1.82, 2.24) is 10.3 Å². The first-order valence-electron chi connectivity index (χ1n) is 11.9. The maximum absolute atomic E-state index is 12.3. The number of nitrogens with zero attached hydrogens (tertiary/aromatic N) is 1. The van der Waals surface area contributed by atoms with Crippen molar-refractivity contribution < 1.29 is 19.4 Å². The van der Waals surface area contributed by atoms with Gasteiger partial charge in [-0.3, -0.25) is 9.78 Å². The average molecular weight is 471 g/mol. The maximum Gasteiger partial charge on any atom is 0.326 e. The van der Waals surface area contributed by atoms with Crippen LogP contribution in [0.5, 0.6) is 0 Å². The molecule has 0 saturated heterocycles. The monoisotopic (exact) mass is 470 g/mol. The van der Waals surface area contributed by atoms with Crippen molar-refractivity contribution in [2.45, 2.75) is 69.9 Å². The summed E-state index contributed by atoms with van der Waals surface area (Å²) in [6, 6.07) is 9.88. The molecule has 0 spiro atoms. The number of halogens is 1. The third-order valence-electron chi connectivity index (χ3n) is 6.69. The number of carboxylic acids is 1. The summed E-state index contributed by atoms with van der Waals surface area (Å²) >= 11 is 5.91. The lowest BCUT2D eigenvalue weighted by atomic mass is 9.79. The zero-order chi connectivity index (χ0) is 23.2. The molecule has 2 aromatic rings. The number of fused-ring (bicyclic) bond motifs is 1. The predicted molar refractivity (Wildman–Crippen MR) is 127 cm³/mol. The number of nitrogens with one attached hydrogen (secondary N) is 1. The number of aryl methyl sites for hydroxylation is 3. The molecule has 1 atom stereocenters. The van der Waals surface area contributed by atoms with E-state index in [9.17, 15) is 14.7 Å². The number of aliphatic carboxylic acids is 1. The van der Waals surface area contributed by atoms with Crippen molar-refractivity contribution in [2.75, 3.05) is 6.61 Å². The largest absolute Gasteiger partial charge is 0.480 e. The molecule has 0 aliphatic heterocycles. The molecule has 2 N–H and O–H groups in total. The van der Waals surface area contributed by atoms with Crippen LogP contribution < -0.4 is 5.32 Å². The Kier molecular flexibility index (Phi) is 7.99. The molecule has 33 heavy (non-hydrogen) atoms. The van der Waals surface area contributed by atoms with Gasteiger partial charge in [-0.2, -0.15) is 0 Å². The van der Waals surface area contributed by atoms with E-state index in [4.69, 9.17) is 21.3 Å². The number of hydrogen-bond acceptors (Lipinski definition) is 4. The standard InChI is InChI=1S/C26H31ClN2O4/c27-20-6-3-5-19(16-20)25(30)29-24(26(31)32)12-13-33-22-14-17(15-22)8-10-21-11-9-18-4-1-2-7-23(18)28-21/h3,5-6,9,11,16-17,22,24H,1-2,4,7-8,10,12-15H2,(H,29,30)(H,31,32). The van der Waals surface area contributed by atoms with Crippen molar-refractivity contribution in [3.05, 3.63) is 63.9 Å². The Morgan fingerprint density at radius 1 is 1.18 bits per heavy atom. The molecule has 1 heterocycles. The van der Waals surface area contributed by atoms with E-state index >= 15 is 0 Å². The van der Waals surface area contributed by atoms with Gasteiger partial charge in [-0.1, -0.05) is 23.7 Å². The smallest absolute Gasteiger partial charge is 0.326 e. The Balaban J connectivity index is 1.14. The number of carboxylic acid groups (broad SMARTS) is 1. The Morgan fingerprint density at radius 3 is 2.79 bits per heavy atom. The summed E-state index contributed by atoms with van der Waals surface area (Å²) in [6.45, 7) is 0.302. The number of amides is 1. The van der Waals surface area contributed by atoms with Gasteiger partial charge in [-0.15, -0.1) is 0 Å². The fourth-order valence-corrected chi connectivity index (χ4v) is 4.84. The second-order valence-corrected chi connectivity index (χ2v) is 9.58. The van der Waals surface area contributed by atoms with Gasteiger partial charge in [0.05, 0.1) is 6.10 Å². The van der Waals surface area contributed by atoms with E-state index < -0.39 is 17.9 Å². The molecule has 1 amide bonds. The normalized spacial score (nSPS) is 20.4. The minimum Gasteiger partial charge on any atom is -0.480 e. The second kappa shape index (κ2) is 11.1. The first kappa shape index (κ1) is 23.7. The van der Waals surface area contributed by atoms with E-state index in [0.717, 1.165) is 38.5 Å². The number of rotatable bonds is 10. The summed E-state index contributed by atoms with van der Waals surface area (Å²) < 4.78 is 5.87. The van der Waals surface area contributed by atoms with E-state index in [1.165, 1.54) is 35.9 Å². The summed E-state index contributed by atoms with van der Waals surface area (Å²) in [5, 5.41) is 12.4. The molecule has 1 fully saturated rings. The van der Waals surface area contributed by atoms with Gasteiger partial charge in [-0.05, 0) is 87.1 Å². The van der Waals surface area contributed by atoms with Crippen LogP contribution >= 0.6 is 11.6 Å². The summed E-state index contributed by atoms with van der Waals surface area (Å²) in [5.74, 6) is -0.895. The number of carbonyl (C=O) groups excluding carboxylic acids is 1. The highest BCUT2D eigenvalue weighted by Crippen LogP contribution is 2.34. The highest BCUT2D eigenvalue weighted by Gasteiger charge is 2.30. The molecule has 0 radical (unpaired) electrons. The van der Waals surface area contributed by atoms with Crippen LogP contribution in [0.2, 0.25) is 5.02 Å². The Bertz CT molecular complexity index is 990. The van der Waals surface area contributed by atoms with Crippen molar-refractivity contribution in [3.63, 3.8) is 0 Å². The zero-order valence-electron chi connectivity index (χ0n) is 18.8. The molecule has 1 aromatic carbocycles. The van der Waals surface area contributed by atoms with Crippen LogP contribution in [0.15, 0.2) is 36.4 Å². The minimum atomic E-state index is -1.07. The fraction of sp³-hybridized carbons (Fsp3) is 0.500. The Labute approximate surface area is 199 Å². The molecular formula is C26H31ClN2O4. The van der Waals surface area contributed by atoms with Gasteiger partial charge < -0.3 is 15.2 Å². The highest BCUT2D eigenvalue weighted by atomic mass is 35.5. The lowest BCUT2D eigenvalue weighted by Gasteiger charge is -2.35. The molecule has 176 valence electrons. The number of hydrogen-bond donors (Lipinski definition) is 2. The average Bonchev–Trinajstić information content (AvgIpc) is 2.78. The molecular weight excluding hydrogens is 440 g/mol. The highest BCUT2D eigenvalue weighted by molar-refractivity contribution is 6.31. The maximum atomic E-state index is 12.3. The van der Waals surface area contributed by atoms with Crippen molar-refractivity contribution in [1.29, 1.82) is 0 Å². The van der Waals surface area contributed by atoms with Crippen LogP contribution in [0.25, 0.3) is 0 Å². The van der Waals surface area contributed by atoms with Gasteiger partial charge in [-0.25, -0.2) is 4.79 Å². The van der Waals surface area contributed by atoms with Crippen LogP contribution in [-0.4, -0.2) is 40.7 Å². The first-order chi connectivity index (χ1) is 16.0. The number of benzene rings is 1. The van der Waals surface area contributed by atoms with Crippen molar-refractivity contribution in [3.8, 4) is 0 Å². The van der Waals surface area contributed by atoms with Crippen molar-refractivity contribution >= 4 is 23.5 Å². The van der Waals surface area contributed by atoms with Crippen LogP contribution in [0.1, 0.15) is 65.8 Å². The molecule has 1 aromatic heterocycles. The topological polar surface area (TPSA) is 88.5 Å². The summed E-state index contributed by atoms with van der Waals surface area (Å²) in [4.78, 5) is 28.7. The van der Waals surface area contributed by atoms with Crippen LogP contribution in [0.3, 0.4) is 0 Å². The summed E-state index contributed by atoms with van der Waals surface area (Å²) in [6.07, 6.45) is 9.30. The third kappa shape index (κ3) is 6.55. The number of pyridine rings is 1. The van der Waals surface area contributed by atoms with E-state index in [0.29, 0.717) is 23.1 Å². The van der Waals surface area contributed by atoms with Gasteiger partial charge in [0.1, 0.15) is 6.04 Å². The molecule has 4 rings (SSSR count). The number of aromatic nitrogens is 1. The molecule has 1 saturated carbocycles. The quantitative estimate of drug-likeness (QED) is 0.529. The third-order valence-corrected chi connectivity index (χ3v) is 6.92. The lowest BCUT2D eigenvalue weighted by molar-refractivity contribution is -0.140. The SMILES string of the molecule is O=C(NC(CCOC1CC(CCc2ccc3c(n2)CCCC3)C1)C(=O)O)c1cccc(Cl)c1. The van der Waals surface area contributed by atoms with E-state index in [-0.39, 0.29) is 12.5 Å². The Morgan fingerprint density at radius 2 is 2.00 bits per heavy atom. The van der Waals surface area contributed by atoms with Gasteiger partial charge in [0.25, 0.3) is 5.91 Å². The van der Waals surface area contributed by atoms with Gasteiger partial charge in [0.2, 0.25) is 0 Å². The first-order valence-corrected chi connectivity index (χ1v) is 12.2. The van der Waals surface area contributed by atoms with Crippen LogP contribution in [-0.2, 0) is 28.8 Å². The molecule has 0 bridgehead atoms. The summed E-state index contributed by atoms with van der Waals surface area (Å²) in [7, 11) is 0. The van der Waals surface area contributed by atoms with Gasteiger partial charge >= 0.3 is 5.97 Å². The second-order valence-electron chi connectivity index (χ2n) is 9.15. The van der Waals surface area contributed by atoms with E-state index in [1.807, 2.05) is 0 Å². The minimum absolute atomic E-state index is 0.171. The van der Waals surface area contributed by atoms with Crippen molar-refractivity contribution in [2.24, 2.45) is 5.92 Å². The zero-order valence-corrected chi connectivity index (χ0v) is 19.5. The Hall–Kier alpha value is -2.44. The predicted octanol–water partition coefficient (Wildman–Crippen LogP) is 4.61. The fourth-order valence-electron chi connectivity index (χ4n) is 4.65. The van der Waals surface area contributed by atoms with E-state index in [1.54, 1.807) is 18.2 Å². The van der Waals surface area contributed by atoms with Crippen LogP contribution in [0, 0.1) is 5.92 Å². The van der Waals surface area contributed by atoms with E-state index in [2.05, 4.69) is 17.4 Å². The molecule has 2 aliphatic rings. The number of carbonyl (C=O) groups is 2. The lowest BCUT2D eigenvalue weighted by Crippen LogP contribution is -2.42. The molecule has 6 nitrogen and oxygen atoms in total. The number of ether oxygens (including phenoxy) is 1. The molecule has 7 heteroatoms. The van der Waals surface area contributed by atoms with Gasteiger partial charge in [0, 0.05) is 35.0 Å². The van der Waals surface area contributed by atoms with Gasteiger partial charge in [0.15, 0.2) is 0 Å². The van der Waals surface area contributed by atoms with Crippen LogP contribution in [0.4, 0.5) is 0 Å². The summed E-state index contributed by atoms with van der Waals surface area (Å²) in [5.41, 5.74) is 4.25. The molecule has 1 unspecified atom stereocenters. The molecule has 2 aliphatic carbocycles.